The molecule has 4 nitrogen and oxygen atoms in total. The van der Waals surface area contributed by atoms with Gasteiger partial charge in [0.25, 0.3) is 0 Å². The van der Waals surface area contributed by atoms with E-state index in [4.69, 9.17) is 15.6 Å². The van der Waals surface area contributed by atoms with Crippen LogP contribution in [0.4, 0.5) is 5.69 Å². The quantitative estimate of drug-likeness (QED) is 0.579. The Labute approximate surface area is 133 Å². The Morgan fingerprint density at radius 2 is 1.86 bits per heavy atom. The Kier molecular flexibility index (Phi) is 6.43. The normalized spacial score (nSPS) is 12.0. The summed E-state index contributed by atoms with van der Waals surface area (Å²) < 4.78 is 17.7. The second kappa shape index (κ2) is 8.56. The van der Waals surface area contributed by atoms with E-state index in [2.05, 4.69) is 0 Å². The number of nitrogen functional groups attached to an aromatic ring is 1. The molecular weight excluding hydrogens is 298 g/mol. The minimum atomic E-state index is -0.945. The number of unbranched alkanes of at least 4 members (excludes halogenated alkanes) is 1. The van der Waals surface area contributed by atoms with Gasteiger partial charge in [-0.3, -0.25) is 4.21 Å². The molecular formula is C17H21NO3S. The fourth-order valence-electron chi connectivity index (χ4n) is 2.02. The van der Waals surface area contributed by atoms with E-state index in [1.165, 1.54) is 0 Å². The molecule has 5 heteroatoms. The van der Waals surface area contributed by atoms with Crippen LogP contribution in [0, 0.1) is 0 Å². The summed E-state index contributed by atoms with van der Waals surface area (Å²) in [6, 6.07) is 14.8. The zero-order chi connectivity index (χ0) is 15.8. The molecule has 1 atom stereocenters. The second-order valence-electron chi connectivity index (χ2n) is 4.94. The highest BCUT2D eigenvalue weighted by Crippen LogP contribution is 2.20. The van der Waals surface area contributed by atoms with Crippen LogP contribution in [0.2, 0.25) is 0 Å². The van der Waals surface area contributed by atoms with E-state index >= 15 is 0 Å². The molecule has 22 heavy (non-hydrogen) atoms. The lowest BCUT2D eigenvalue weighted by molar-refractivity contribution is 0.279. The van der Waals surface area contributed by atoms with E-state index in [1.807, 2.05) is 30.3 Å². The van der Waals surface area contributed by atoms with Gasteiger partial charge in [0.15, 0.2) is 0 Å². The first-order chi connectivity index (χ1) is 10.7. The average Bonchev–Trinajstić information content (AvgIpc) is 2.56. The largest absolute Gasteiger partial charge is 0.494 e. The number of anilines is 1. The number of nitrogens with two attached hydrogens (primary N) is 1. The van der Waals surface area contributed by atoms with Crippen LogP contribution < -0.4 is 10.5 Å². The topological polar surface area (TPSA) is 72.5 Å². The first kappa shape index (κ1) is 16.5. The van der Waals surface area contributed by atoms with Crippen molar-refractivity contribution in [2.45, 2.75) is 24.3 Å². The molecule has 1 unspecified atom stereocenters. The van der Waals surface area contributed by atoms with Crippen LogP contribution in [0.3, 0.4) is 0 Å². The van der Waals surface area contributed by atoms with E-state index in [1.54, 1.807) is 18.2 Å². The Balaban J connectivity index is 1.70. The number of rotatable bonds is 8. The summed E-state index contributed by atoms with van der Waals surface area (Å²) in [6.07, 6.45) is 1.67. The maximum atomic E-state index is 12.0. The van der Waals surface area contributed by atoms with Crippen LogP contribution in [0.15, 0.2) is 53.4 Å². The average molecular weight is 319 g/mol. The number of benzene rings is 2. The molecule has 0 aliphatic carbocycles. The lowest BCUT2D eigenvalue weighted by atomic mass is 10.2. The van der Waals surface area contributed by atoms with Crippen molar-refractivity contribution in [1.82, 2.24) is 0 Å². The van der Waals surface area contributed by atoms with Gasteiger partial charge in [0.05, 0.1) is 24.0 Å². The highest BCUT2D eigenvalue weighted by Gasteiger charge is 2.04. The predicted octanol–water partition coefficient (Wildman–Crippen LogP) is 2.73. The van der Waals surface area contributed by atoms with Crippen molar-refractivity contribution in [3.63, 3.8) is 0 Å². The van der Waals surface area contributed by atoms with E-state index in [-0.39, 0.29) is 6.61 Å². The number of ether oxygens (including phenoxy) is 1. The van der Waals surface area contributed by atoms with Gasteiger partial charge in [0.1, 0.15) is 5.75 Å². The third-order valence-corrected chi connectivity index (χ3v) is 4.74. The Morgan fingerprint density at radius 1 is 1.09 bits per heavy atom. The molecule has 2 rings (SSSR count). The third-order valence-electron chi connectivity index (χ3n) is 3.28. The Bertz CT molecular complexity index is 617. The van der Waals surface area contributed by atoms with Gasteiger partial charge in [-0.05, 0) is 43.2 Å². The van der Waals surface area contributed by atoms with Crippen LogP contribution in [-0.2, 0) is 17.4 Å². The van der Waals surface area contributed by atoms with Crippen molar-refractivity contribution in [2.75, 3.05) is 18.1 Å². The van der Waals surface area contributed by atoms with E-state index in [9.17, 15) is 4.21 Å². The molecule has 2 aromatic rings. The molecule has 2 aromatic carbocycles. The fraction of sp³-hybridized carbons (Fsp3) is 0.294. The Hall–Kier alpha value is -1.85. The summed E-state index contributed by atoms with van der Waals surface area (Å²) >= 11 is 0. The summed E-state index contributed by atoms with van der Waals surface area (Å²) in [6.45, 7) is 0.458. The van der Waals surface area contributed by atoms with Crippen LogP contribution >= 0.6 is 0 Å². The van der Waals surface area contributed by atoms with Crippen molar-refractivity contribution in [3.05, 3.63) is 54.1 Å². The van der Waals surface area contributed by atoms with Gasteiger partial charge in [-0.15, -0.1) is 0 Å². The predicted molar refractivity (Wildman–Crippen MR) is 89.2 cm³/mol. The molecule has 118 valence electrons. The van der Waals surface area contributed by atoms with E-state index in [0.717, 1.165) is 17.7 Å². The number of hydrogen-bond acceptors (Lipinski definition) is 4. The molecule has 0 radical (unpaired) electrons. The molecule has 0 aromatic heterocycles. The van der Waals surface area contributed by atoms with E-state index < -0.39 is 10.8 Å². The van der Waals surface area contributed by atoms with Gasteiger partial charge < -0.3 is 15.6 Å². The van der Waals surface area contributed by atoms with Crippen LogP contribution in [0.25, 0.3) is 0 Å². The zero-order valence-corrected chi connectivity index (χ0v) is 13.2. The zero-order valence-electron chi connectivity index (χ0n) is 12.4. The molecule has 0 spiro atoms. The lowest BCUT2D eigenvalue weighted by Gasteiger charge is -2.09. The second-order valence-corrected chi connectivity index (χ2v) is 6.51. The molecule has 0 saturated carbocycles. The van der Waals surface area contributed by atoms with Crippen LogP contribution in [-0.4, -0.2) is 21.7 Å². The maximum Gasteiger partial charge on any atom is 0.119 e. The summed E-state index contributed by atoms with van der Waals surface area (Å²) in [4.78, 5) is 0.870. The molecule has 0 fully saturated rings. The molecule has 0 aliphatic heterocycles. The van der Waals surface area contributed by atoms with Crippen LogP contribution in [0.1, 0.15) is 18.4 Å². The third kappa shape index (κ3) is 4.86. The maximum absolute atomic E-state index is 12.0. The Morgan fingerprint density at radius 3 is 2.59 bits per heavy atom. The highest BCUT2D eigenvalue weighted by atomic mass is 32.2. The standard InChI is InChI=1S/C17H21NO3S/c18-17-9-8-15(12-14(17)13-19)21-10-4-5-11-22(20)16-6-2-1-3-7-16/h1-3,6-9,12,19H,4-5,10-11,13,18H2. The molecule has 0 heterocycles. The van der Waals surface area contributed by atoms with Crippen LogP contribution in [0.5, 0.6) is 5.75 Å². The van der Waals surface area contributed by atoms with Gasteiger partial charge in [0, 0.05) is 21.9 Å². The minimum Gasteiger partial charge on any atom is -0.494 e. The van der Waals surface area contributed by atoms with E-state index in [0.29, 0.717) is 29.4 Å². The molecule has 3 N–H and O–H groups in total. The molecule has 0 bridgehead atoms. The summed E-state index contributed by atoms with van der Waals surface area (Å²) in [5, 5.41) is 9.15. The lowest BCUT2D eigenvalue weighted by Crippen LogP contribution is -2.03. The molecule has 0 amide bonds. The van der Waals surface area contributed by atoms with Gasteiger partial charge in [0.2, 0.25) is 0 Å². The van der Waals surface area contributed by atoms with Gasteiger partial charge in [-0.1, -0.05) is 18.2 Å². The monoisotopic (exact) mass is 319 g/mol. The summed E-state index contributed by atoms with van der Waals surface area (Å²) in [5.41, 5.74) is 6.95. The first-order valence-electron chi connectivity index (χ1n) is 7.26. The van der Waals surface area contributed by atoms with Gasteiger partial charge in [-0.2, -0.15) is 0 Å². The number of aliphatic hydroxyl groups is 1. The smallest absolute Gasteiger partial charge is 0.119 e. The van der Waals surface area contributed by atoms with Crippen molar-refractivity contribution in [3.8, 4) is 5.75 Å². The van der Waals surface area contributed by atoms with Gasteiger partial charge in [-0.25, -0.2) is 0 Å². The minimum absolute atomic E-state index is 0.0981. The van der Waals surface area contributed by atoms with Crippen molar-refractivity contribution < 1.29 is 14.1 Å². The summed E-state index contributed by atoms with van der Waals surface area (Å²) in [7, 11) is -0.945. The highest BCUT2D eigenvalue weighted by molar-refractivity contribution is 7.85. The van der Waals surface area contributed by atoms with Crippen molar-refractivity contribution >= 4 is 16.5 Å². The number of hydrogen-bond donors (Lipinski definition) is 2. The van der Waals surface area contributed by atoms with Crippen molar-refractivity contribution in [2.24, 2.45) is 0 Å². The van der Waals surface area contributed by atoms with Gasteiger partial charge >= 0.3 is 0 Å². The summed E-state index contributed by atoms with van der Waals surface area (Å²) in [5.74, 6) is 1.33. The van der Waals surface area contributed by atoms with Crippen molar-refractivity contribution in [1.29, 1.82) is 0 Å². The first-order valence-corrected chi connectivity index (χ1v) is 8.58. The molecule has 0 saturated heterocycles. The molecule has 0 aliphatic rings. The fourth-order valence-corrected chi connectivity index (χ4v) is 3.19. The number of aliphatic hydroxyl groups excluding tert-OH is 1. The SMILES string of the molecule is Nc1ccc(OCCCCS(=O)c2ccccc2)cc1CO.